The molecule has 0 aromatic heterocycles. The quantitative estimate of drug-likeness (QED) is 0.610. The number of rotatable bonds is 5. The lowest BCUT2D eigenvalue weighted by Gasteiger charge is -2.24. The Labute approximate surface area is 146 Å². The van der Waals surface area contributed by atoms with Gasteiger partial charge in [-0.1, -0.05) is 0 Å². The Morgan fingerprint density at radius 3 is 2.62 bits per heavy atom. The van der Waals surface area contributed by atoms with E-state index in [-0.39, 0.29) is 34.8 Å². The molecule has 1 unspecified atom stereocenters. The standard InChI is InChI=1S/C14H19N3O5S.ClH/c1-15-9-11-4-3-5-16(11)14(18)10-6-12(17(19)20)8-13(7-10)23(2,21)22;/h6-8,11,15H,3-5,9H2,1-2H3;1H. The molecule has 1 atom stereocenters. The van der Waals surface area contributed by atoms with Gasteiger partial charge < -0.3 is 10.2 Å². The number of non-ortho nitro benzene ring substituents is 1. The Morgan fingerprint density at radius 2 is 2.08 bits per heavy atom. The first-order chi connectivity index (χ1) is 10.7. The molecular formula is C14H20ClN3O5S. The van der Waals surface area contributed by atoms with Gasteiger partial charge in [0.15, 0.2) is 9.84 Å². The van der Waals surface area contributed by atoms with Gasteiger partial charge >= 0.3 is 0 Å². The van der Waals surface area contributed by atoms with Gasteiger partial charge in [-0.25, -0.2) is 8.42 Å². The first-order valence-electron chi connectivity index (χ1n) is 7.19. The van der Waals surface area contributed by atoms with Gasteiger partial charge in [-0.05, 0) is 26.0 Å². The summed E-state index contributed by atoms with van der Waals surface area (Å²) < 4.78 is 23.4. The summed E-state index contributed by atoms with van der Waals surface area (Å²) in [5, 5.41) is 14.0. The van der Waals surface area contributed by atoms with Crippen LogP contribution in [-0.4, -0.2) is 56.6 Å². The minimum Gasteiger partial charge on any atom is -0.334 e. The molecule has 0 radical (unpaired) electrons. The van der Waals surface area contributed by atoms with Crippen molar-refractivity contribution in [3.8, 4) is 0 Å². The number of benzene rings is 1. The molecular weight excluding hydrogens is 358 g/mol. The molecule has 1 saturated heterocycles. The van der Waals surface area contributed by atoms with E-state index >= 15 is 0 Å². The molecule has 1 amide bonds. The minimum absolute atomic E-state index is 0. The summed E-state index contributed by atoms with van der Waals surface area (Å²) in [5.41, 5.74) is -0.372. The van der Waals surface area contributed by atoms with Crippen LogP contribution < -0.4 is 5.32 Å². The summed E-state index contributed by atoms with van der Waals surface area (Å²) in [7, 11) is -1.86. The molecule has 0 spiro atoms. The number of amides is 1. The van der Waals surface area contributed by atoms with E-state index < -0.39 is 20.4 Å². The highest BCUT2D eigenvalue weighted by Crippen LogP contribution is 2.25. The molecule has 10 heteroatoms. The summed E-state index contributed by atoms with van der Waals surface area (Å²) >= 11 is 0. The van der Waals surface area contributed by atoms with Crippen LogP contribution in [0, 0.1) is 10.1 Å². The second-order valence-corrected chi connectivity index (χ2v) is 7.61. The molecule has 1 heterocycles. The Morgan fingerprint density at radius 1 is 1.42 bits per heavy atom. The van der Waals surface area contributed by atoms with E-state index in [0.29, 0.717) is 13.1 Å². The van der Waals surface area contributed by atoms with Crippen LogP contribution in [0.4, 0.5) is 5.69 Å². The van der Waals surface area contributed by atoms with Crippen molar-refractivity contribution in [3.63, 3.8) is 0 Å². The fourth-order valence-corrected chi connectivity index (χ4v) is 3.42. The van der Waals surface area contributed by atoms with E-state index in [9.17, 15) is 23.3 Å². The first kappa shape index (κ1) is 20.3. The zero-order chi connectivity index (χ0) is 17.2. The van der Waals surface area contributed by atoms with Gasteiger partial charge in [0, 0.05) is 43.1 Å². The number of likely N-dealkylation sites (tertiary alicyclic amines) is 1. The number of nitro groups is 1. The number of nitrogens with zero attached hydrogens (tertiary/aromatic N) is 2. The second kappa shape index (κ2) is 7.91. The highest BCUT2D eigenvalue weighted by atomic mass is 35.5. The van der Waals surface area contributed by atoms with Gasteiger partial charge in [0.25, 0.3) is 11.6 Å². The maximum absolute atomic E-state index is 12.7. The number of sulfone groups is 1. The lowest BCUT2D eigenvalue weighted by Crippen LogP contribution is -2.40. The van der Waals surface area contributed by atoms with Crippen molar-refractivity contribution < 1.29 is 18.1 Å². The van der Waals surface area contributed by atoms with Gasteiger partial charge in [0.1, 0.15) is 0 Å². The molecule has 1 fully saturated rings. The van der Waals surface area contributed by atoms with E-state index in [2.05, 4.69) is 5.32 Å². The molecule has 24 heavy (non-hydrogen) atoms. The monoisotopic (exact) mass is 377 g/mol. The molecule has 1 N–H and O–H groups in total. The second-order valence-electron chi connectivity index (χ2n) is 5.60. The lowest BCUT2D eigenvalue weighted by atomic mass is 10.1. The van der Waals surface area contributed by atoms with Crippen LogP contribution in [0.1, 0.15) is 23.2 Å². The molecule has 0 saturated carbocycles. The Hall–Kier alpha value is -1.71. The number of hydrogen-bond donors (Lipinski definition) is 1. The average molecular weight is 378 g/mol. The fourth-order valence-electron chi connectivity index (χ4n) is 2.74. The highest BCUT2D eigenvalue weighted by Gasteiger charge is 2.30. The molecule has 1 aliphatic rings. The van der Waals surface area contributed by atoms with Crippen molar-refractivity contribution >= 4 is 33.8 Å². The van der Waals surface area contributed by atoms with Gasteiger partial charge in [-0.3, -0.25) is 14.9 Å². The minimum atomic E-state index is -3.65. The highest BCUT2D eigenvalue weighted by molar-refractivity contribution is 7.90. The summed E-state index contributed by atoms with van der Waals surface area (Å²) in [6.07, 6.45) is 2.66. The van der Waals surface area contributed by atoms with Gasteiger partial charge in [-0.15, -0.1) is 12.4 Å². The summed E-state index contributed by atoms with van der Waals surface area (Å²) in [6, 6.07) is 3.32. The Bertz CT molecular complexity index is 738. The van der Waals surface area contributed by atoms with Crippen LogP contribution in [0.2, 0.25) is 0 Å². The third kappa shape index (κ3) is 4.43. The molecule has 0 bridgehead atoms. The predicted molar refractivity (Wildman–Crippen MR) is 91.4 cm³/mol. The predicted octanol–water partition coefficient (Wildman–Crippen LogP) is 1.24. The smallest absolute Gasteiger partial charge is 0.271 e. The lowest BCUT2D eigenvalue weighted by molar-refractivity contribution is -0.385. The number of carbonyl (C=O) groups excluding carboxylic acids is 1. The average Bonchev–Trinajstić information content (AvgIpc) is 2.93. The van der Waals surface area contributed by atoms with Crippen molar-refractivity contribution in [2.45, 2.75) is 23.8 Å². The molecule has 2 rings (SSSR count). The van der Waals surface area contributed by atoms with Crippen molar-refractivity contribution in [1.82, 2.24) is 10.2 Å². The number of halogens is 1. The third-order valence-electron chi connectivity index (χ3n) is 3.85. The normalized spacial score (nSPS) is 17.4. The molecule has 8 nitrogen and oxygen atoms in total. The molecule has 1 aliphatic heterocycles. The zero-order valence-electron chi connectivity index (χ0n) is 13.4. The maximum atomic E-state index is 12.7. The van der Waals surface area contributed by atoms with Crippen LogP contribution in [-0.2, 0) is 9.84 Å². The van der Waals surface area contributed by atoms with Crippen LogP contribution in [0.5, 0.6) is 0 Å². The zero-order valence-corrected chi connectivity index (χ0v) is 15.0. The largest absolute Gasteiger partial charge is 0.334 e. The number of nitrogens with one attached hydrogen (secondary N) is 1. The maximum Gasteiger partial charge on any atom is 0.271 e. The van der Waals surface area contributed by atoms with E-state index in [1.54, 1.807) is 11.9 Å². The van der Waals surface area contributed by atoms with E-state index in [1.165, 1.54) is 6.07 Å². The van der Waals surface area contributed by atoms with Crippen molar-refractivity contribution in [1.29, 1.82) is 0 Å². The van der Waals surface area contributed by atoms with E-state index in [4.69, 9.17) is 0 Å². The summed E-state index contributed by atoms with van der Waals surface area (Å²) in [6.45, 7) is 1.18. The molecule has 134 valence electrons. The molecule has 1 aromatic carbocycles. The summed E-state index contributed by atoms with van der Waals surface area (Å²) in [5.74, 6) is -0.378. The number of likely N-dealkylation sites (N-methyl/N-ethyl adjacent to an activating group) is 1. The number of nitro benzene ring substituents is 1. The summed E-state index contributed by atoms with van der Waals surface area (Å²) in [4.78, 5) is 24.4. The SMILES string of the molecule is CNCC1CCCN1C(=O)c1cc([N+](=O)[O-])cc(S(C)(=O)=O)c1.Cl. The van der Waals surface area contributed by atoms with Gasteiger partial charge in [0.05, 0.1) is 9.82 Å². The van der Waals surface area contributed by atoms with Crippen LogP contribution in [0.15, 0.2) is 23.1 Å². The van der Waals surface area contributed by atoms with E-state index in [1.807, 2.05) is 0 Å². The molecule has 0 aliphatic carbocycles. The van der Waals surface area contributed by atoms with Crippen molar-refractivity contribution in [2.24, 2.45) is 0 Å². The van der Waals surface area contributed by atoms with Crippen molar-refractivity contribution in [2.75, 3.05) is 26.4 Å². The van der Waals surface area contributed by atoms with Gasteiger partial charge in [-0.2, -0.15) is 0 Å². The third-order valence-corrected chi connectivity index (χ3v) is 4.95. The number of hydrogen-bond acceptors (Lipinski definition) is 6. The number of carbonyl (C=O) groups is 1. The Balaban J connectivity index is 0.00000288. The topological polar surface area (TPSA) is 110 Å². The van der Waals surface area contributed by atoms with Gasteiger partial charge in [0.2, 0.25) is 0 Å². The first-order valence-corrected chi connectivity index (χ1v) is 9.08. The van der Waals surface area contributed by atoms with Crippen LogP contribution in [0.3, 0.4) is 0 Å². The van der Waals surface area contributed by atoms with Crippen LogP contribution >= 0.6 is 12.4 Å². The van der Waals surface area contributed by atoms with Crippen LogP contribution in [0.25, 0.3) is 0 Å². The van der Waals surface area contributed by atoms with E-state index in [0.717, 1.165) is 31.2 Å². The fraction of sp³-hybridized carbons (Fsp3) is 0.500. The Kier molecular flexibility index (Phi) is 6.70. The van der Waals surface area contributed by atoms with Crippen molar-refractivity contribution in [3.05, 3.63) is 33.9 Å². The molecule has 1 aromatic rings.